The SMILES string of the molecule is CC(=O)SCC1CO[C@@H]2CCO[C@H]12. The molecule has 2 aliphatic rings. The van der Waals surface area contributed by atoms with Gasteiger partial charge in [-0.05, 0) is 6.42 Å². The first-order valence-corrected chi connectivity index (χ1v) is 5.62. The second-order valence-corrected chi connectivity index (χ2v) is 4.76. The van der Waals surface area contributed by atoms with Gasteiger partial charge >= 0.3 is 0 Å². The van der Waals surface area contributed by atoms with Gasteiger partial charge in [-0.1, -0.05) is 11.8 Å². The van der Waals surface area contributed by atoms with E-state index >= 15 is 0 Å². The number of rotatable bonds is 2. The van der Waals surface area contributed by atoms with Crippen molar-refractivity contribution >= 4 is 16.9 Å². The fraction of sp³-hybridized carbons (Fsp3) is 0.889. The molecule has 74 valence electrons. The molecular formula is C9H14O3S. The minimum atomic E-state index is 0.182. The molecule has 4 heteroatoms. The predicted octanol–water partition coefficient (Wildman–Crippen LogP) is 1.07. The van der Waals surface area contributed by atoms with Crippen molar-refractivity contribution in [1.29, 1.82) is 0 Å². The van der Waals surface area contributed by atoms with Gasteiger partial charge in [0.1, 0.15) is 0 Å². The van der Waals surface area contributed by atoms with Gasteiger partial charge in [0.2, 0.25) is 0 Å². The molecule has 0 saturated carbocycles. The molecule has 2 aliphatic heterocycles. The smallest absolute Gasteiger partial charge is 0.185 e. The average molecular weight is 202 g/mol. The van der Waals surface area contributed by atoms with E-state index in [0.717, 1.165) is 25.4 Å². The summed E-state index contributed by atoms with van der Waals surface area (Å²) in [5.74, 6) is 1.26. The summed E-state index contributed by atoms with van der Waals surface area (Å²) in [6.45, 7) is 3.18. The Morgan fingerprint density at radius 1 is 1.54 bits per heavy atom. The maximum atomic E-state index is 10.8. The van der Waals surface area contributed by atoms with Gasteiger partial charge in [0.15, 0.2) is 5.12 Å². The lowest BCUT2D eigenvalue weighted by molar-refractivity contribution is -0.109. The van der Waals surface area contributed by atoms with Gasteiger partial charge < -0.3 is 9.47 Å². The molecule has 2 heterocycles. The molecule has 1 unspecified atom stereocenters. The van der Waals surface area contributed by atoms with Crippen molar-refractivity contribution in [3.63, 3.8) is 0 Å². The Kier molecular flexibility index (Phi) is 2.91. The first-order valence-electron chi connectivity index (χ1n) is 4.64. The second kappa shape index (κ2) is 3.98. The molecule has 0 N–H and O–H groups in total. The molecule has 0 spiro atoms. The van der Waals surface area contributed by atoms with Gasteiger partial charge in [0.25, 0.3) is 0 Å². The summed E-state index contributed by atoms with van der Waals surface area (Å²) in [6.07, 6.45) is 1.58. The van der Waals surface area contributed by atoms with Crippen molar-refractivity contribution in [2.75, 3.05) is 19.0 Å². The van der Waals surface area contributed by atoms with Crippen LogP contribution in [0.15, 0.2) is 0 Å². The zero-order chi connectivity index (χ0) is 9.26. The topological polar surface area (TPSA) is 35.5 Å². The monoisotopic (exact) mass is 202 g/mol. The van der Waals surface area contributed by atoms with E-state index in [1.54, 1.807) is 6.92 Å². The van der Waals surface area contributed by atoms with Crippen molar-refractivity contribution in [2.45, 2.75) is 25.6 Å². The van der Waals surface area contributed by atoms with Crippen LogP contribution in [0.3, 0.4) is 0 Å². The molecule has 0 radical (unpaired) electrons. The number of hydrogen-bond donors (Lipinski definition) is 0. The van der Waals surface area contributed by atoms with Crippen molar-refractivity contribution in [3.8, 4) is 0 Å². The Labute approximate surface area is 82.2 Å². The van der Waals surface area contributed by atoms with E-state index in [4.69, 9.17) is 9.47 Å². The van der Waals surface area contributed by atoms with Crippen LogP contribution in [0.1, 0.15) is 13.3 Å². The molecule has 3 nitrogen and oxygen atoms in total. The number of fused-ring (bicyclic) bond motifs is 1. The van der Waals surface area contributed by atoms with Crippen LogP contribution in [-0.4, -0.2) is 36.3 Å². The minimum absolute atomic E-state index is 0.182. The normalized spacial score (nSPS) is 37.8. The third-order valence-corrected chi connectivity index (χ3v) is 3.57. The number of ether oxygens (including phenoxy) is 2. The molecule has 0 aromatic heterocycles. The van der Waals surface area contributed by atoms with Gasteiger partial charge in [-0.15, -0.1) is 0 Å². The molecule has 13 heavy (non-hydrogen) atoms. The lowest BCUT2D eigenvalue weighted by Crippen LogP contribution is -2.24. The van der Waals surface area contributed by atoms with Crippen molar-refractivity contribution in [3.05, 3.63) is 0 Å². The van der Waals surface area contributed by atoms with Crippen LogP contribution in [0.4, 0.5) is 0 Å². The van der Waals surface area contributed by atoms with Crippen molar-refractivity contribution in [2.24, 2.45) is 5.92 Å². The summed E-state index contributed by atoms with van der Waals surface area (Å²) in [4.78, 5) is 10.8. The highest BCUT2D eigenvalue weighted by Crippen LogP contribution is 2.32. The first kappa shape index (κ1) is 9.49. The van der Waals surface area contributed by atoms with Gasteiger partial charge in [0, 0.05) is 25.2 Å². The molecule has 3 atom stereocenters. The van der Waals surface area contributed by atoms with E-state index < -0.39 is 0 Å². The quantitative estimate of drug-likeness (QED) is 0.671. The number of carbonyl (C=O) groups excluding carboxylic acids is 1. The minimum Gasteiger partial charge on any atom is -0.375 e. The number of thioether (sulfide) groups is 1. The Morgan fingerprint density at radius 2 is 2.38 bits per heavy atom. The molecule has 0 amide bonds. The summed E-state index contributed by atoms with van der Waals surface area (Å²) in [5, 5.41) is 0.182. The van der Waals surface area contributed by atoms with E-state index in [0.29, 0.717) is 12.0 Å². The van der Waals surface area contributed by atoms with Crippen LogP contribution in [0, 0.1) is 5.92 Å². The van der Waals surface area contributed by atoms with E-state index in [1.165, 1.54) is 11.8 Å². The van der Waals surface area contributed by atoms with E-state index in [9.17, 15) is 4.79 Å². The summed E-state index contributed by atoms with van der Waals surface area (Å²) in [7, 11) is 0. The fourth-order valence-corrected chi connectivity index (χ4v) is 2.65. The Balaban J connectivity index is 1.83. The second-order valence-electron chi connectivity index (χ2n) is 3.56. The third-order valence-electron chi connectivity index (χ3n) is 2.57. The third kappa shape index (κ3) is 2.06. The van der Waals surface area contributed by atoms with E-state index in [1.807, 2.05) is 0 Å². The molecule has 2 saturated heterocycles. The van der Waals surface area contributed by atoms with Crippen LogP contribution in [-0.2, 0) is 14.3 Å². The molecule has 2 rings (SSSR count). The summed E-state index contributed by atoms with van der Waals surface area (Å²) >= 11 is 1.38. The lowest BCUT2D eigenvalue weighted by Gasteiger charge is -2.13. The Bertz CT molecular complexity index is 207. The van der Waals surface area contributed by atoms with Crippen LogP contribution >= 0.6 is 11.8 Å². The zero-order valence-electron chi connectivity index (χ0n) is 7.69. The van der Waals surface area contributed by atoms with Crippen LogP contribution in [0.5, 0.6) is 0 Å². The van der Waals surface area contributed by atoms with Gasteiger partial charge in [0.05, 0.1) is 18.8 Å². The maximum Gasteiger partial charge on any atom is 0.185 e. The Hall–Kier alpha value is -0.0600. The van der Waals surface area contributed by atoms with Crippen LogP contribution < -0.4 is 0 Å². The molecular weight excluding hydrogens is 188 g/mol. The fourth-order valence-electron chi connectivity index (χ4n) is 1.92. The van der Waals surface area contributed by atoms with Crippen LogP contribution in [0.25, 0.3) is 0 Å². The van der Waals surface area contributed by atoms with Crippen molar-refractivity contribution in [1.82, 2.24) is 0 Å². The highest BCUT2D eigenvalue weighted by molar-refractivity contribution is 8.13. The van der Waals surface area contributed by atoms with Gasteiger partial charge in [-0.2, -0.15) is 0 Å². The highest BCUT2D eigenvalue weighted by atomic mass is 32.2. The highest BCUT2D eigenvalue weighted by Gasteiger charge is 2.41. The van der Waals surface area contributed by atoms with Gasteiger partial charge in [-0.3, -0.25) is 4.79 Å². The van der Waals surface area contributed by atoms with E-state index in [2.05, 4.69) is 0 Å². The largest absolute Gasteiger partial charge is 0.375 e. The maximum absolute atomic E-state index is 10.8. The lowest BCUT2D eigenvalue weighted by atomic mass is 10.0. The predicted molar refractivity (Wildman–Crippen MR) is 50.7 cm³/mol. The Morgan fingerprint density at radius 3 is 3.15 bits per heavy atom. The average Bonchev–Trinajstić information content (AvgIpc) is 2.60. The first-order chi connectivity index (χ1) is 6.27. The molecule has 0 bridgehead atoms. The molecule has 0 aliphatic carbocycles. The van der Waals surface area contributed by atoms with Crippen molar-refractivity contribution < 1.29 is 14.3 Å². The summed E-state index contributed by atoms with van der Waals surface area (Å²) in [6, 6.07) is 0. The molecule has 2 fully saturated rings. The van der Waals surface area contributed by atoms with E-state index in [-0.39, 0.29) is 11.2 Å². The summed E-state index contributed by atoms with van der Waals surface area (Å²) < 4.78 is 11.1. The molecule has 0 aromatic rings. The van der Waals surface area contributed by atoms with Crippen LogP contribution in [0.2, 0.25) is 0 Å². The summed E-state index contributed by atoms with van der Waals surface area (Å²) in [5.41, 5.74) is 0. The standard InChI is InChI=1S/C9H14O3S/c1-6(10)13-5-7-4-12-8-2-3-11-9(7)8/h7-9H,2-5H2,1H3/t7?,8-,9-/m1/s1. The zero-order valence-corrected chi connectivity index (χ0v) is 8.51. The number of hydrogen-bond acceptors (Lipinski definition) is 4. The number of carbonyl (C=O) groups is 1. The molecule has 0 aromatic carbocycles. The van der Waals surface area contributed by atoms with Gasteiger partial charge in [-0.25, -0.2) is 0 Å².